The summed E-state index contributed by atoms with van der Waals surface area (Å²) in [6.45, 7) is 6.69. The van der Waals surface area contributed by atoms with E-state index in [1.165, 1.54) is 29.5 Å². The van der Waals surface area contributed by atoms with E-state index in [1.54, 1.807) is 0 Å². The number of nitrogens with zero attached hydrogens (tertiary/aromatic N) is 1. The zero-order chi connectivity index (χ0) is 25.1. The Morgan fingerprint density at radius 2 is 1.14 bits per heavy atom. The van der Waals surface area contributed by atoms with Crippen LogP contribution in [0.4, 0.5) is 0 Å². The van der Waals surface area contributed by atoms with Gasteiger partial charge in [-0.3, -0.25) is 4.90 Å². The fourth-order valence-electron chi connectivity index (χ4n) is 5.46. The highest BCUT2D eigenvalue weighted by Gasteiger charge is 2.40. The third-order valence-electron chi connectivity index (χ3n) is 7.42. The molecule has 1 N–H and O–H groups in total. The average molecular weight is 501 g/mol. The van der Waals surface area contributed by atoms with Crippen LogP contribution in [0.5, 0.6) is 0 Å². The molecule has 2 unspecified atom stereocenters. The molecule has 0 aliphatic carbocycles. The van der Waals surface area contributed by atoms with Gasteiger partial charge >= 0.3 is 0 Å². The molecule has 0 radical (unpaired) electrons. The summed E-state index contributed by atoms with van der Waals surface area (Å²) in [6.07, 6.45) is 2.24. The van der Waals surface area contributed by atoms with E-state index in [2.05, 4.69) is 83.0 Å². The second-order valence-electron chi connectivity index (χ2n) is 10.4. The molecule has 3 aromatic carbocycles. The highest BCUT2D eigenvalue weighted by molar-refractivity contribution is 5.15. The summed E-state index contributed by atoms with van der Waals surface area (Å²) in [5, 5.41) is 3.57. The van der Waals surface area contributed by atoms with Crippen LogP contribution >= 0.6 is 0 Å². The minimum atomic E-state index is -0.145. The van der Waals surface area contributed by atoms with Gasteiger partial charge in [0.1, 0.15) is 6.10 Å². The van der Waals surface area contributed by atoms with E-state index < -0.39 is 0 Å². The molecular formula is C32H40N2O3. The van der Waals surface area contributed by atoms with E-state index in [4.69, 9.17) is 14.2 Å². The van der Waals surface area contributed by atoms with E-state index in [-0.39, 0.29) is 18.3 Å². The summed E-state index contributed by atoms with van der Waals surface area (Å²) in [4.78, 5) is 2.55. The number of hydrogen-bond acceptors (Lipinski definition) is 5. The molecule has 0 bridgehead atoms. The van der Waals surface area contributed by atoms with Crippen molar-refractivity contribution in [3.8, 4) is 0 Å². The van der Waals surface area contributed by atoms with Crippen molar-refractivity contribution in [3.63, 3.8) is 0 Å². The lowest BCUT2D eigenvalue weighted by Crippen LogP contribution is -2.59. The molecule has 2 heterocycles. The molecule has 196 valence electrons. The van der Waals surface area contributed by atoms with Gasteiger partial charge in [0.25, 0.3) is 0 Å². The number of rotatable bonds is 11. The highest BCUT2D eigenvalue weighted by atomic mass is 16.6. The molecule has 5 heteroatoms. The minimum Gasteiger partial charge on any atom is -0.369 e. The topological polar surface area (TPSA) is 43.0 Å². The van der Waals surface area contributed by atoms with Gasteiger partial charge in [0, 0.05) is 19.6 Å². The molecule has 37 heavy (non-hydrogen) atoms. The molecular weight excluding hydrogens is 460 g/mol. The van der Waals surface area contributed by atoms with Crippen LogP contribution < -0.4 is 5.32 Å². The number of likely N-dealkylation sites (tertiary alicyclic amines) is 1. The number of ether oxygens (including phenoxy) is 3. The minimum absolute atomic E-state index is 0.0741. The second-order valence-corrected chi connectivity index (χ2v) is 10.4. The molecule has 2 aliphatic heterocycles. The first-order valence-electron chi connectivity index (χ1n) is 13.7. The van der Waals surface area contributed by atoms with Gasteiger partial charge in [-0.25, -0.2) is 0 Å². The molecule has 3 atom stereocenters. The lowest BCUT2D eigenvalue weighted by molar-refractivity contribution is -0.185. The SMILES string of the molecule is c1ccc(COC2CN(C[C@@H]3CCCNC3)CC(OCc3ccccc3)C2OCc2ccccc2)cc1. The Hall–Kier alpha value is -2.54. The summed E-state index contributed by atoms with van der Waals surface area (Å²) in [7, 11) is 0. The Labute approximate surface area is 221 Å². The van der Waals surface area contributed by atoms with Gasteiger partial charge in [0.05, 0.1) is 32.0 Å². The summed E-state index contributed by atoms with van der Waals surface area (Å²) in [6, 6.07) is 31.2. The van der Waals surface area contributed by atoms with Crippen LogP contribution in [-0.2, 0) is 34.0 Å². The number of benzene rings is 3. The molecule has 3 aromatic rings. The lowest BCUT2D eigenvalue weighted by Gasteiger charge is -2.44. The van der Waals surface area contributed by atoms with Crippen molar-refractivity contribution in [2.24, 2.45) is 5.92 Å². The zero-order valence-corrected chi connectivity index (χ0v) is 21.7. The largest absolute Gasteiger partial charge is 0.369 e. The standard InChI is InChI=1S/C32H40N2O3/c1-4-11-26(12-5-1)23-35-30-21-34(20-29-17-10-18-33-19-29)22-31(36-24-27-13-6-2-7-14-27)32(30)37-25-28-15-8-3-9-16-28/h1-9,11-16,29-33H,10,17-25H2/t29-,30?,31?,32?/m1/s1. The van der Waals surface area contributed by atoms with Crippen LogP contribution in [0.25, 0.3) is 0 Å². The summed E-state index contributed by atoms with van der Waals surface area (Å²) in [5.41, 5.74) is 3.53. The average Bonchev–Trinajstić information content (AvgIpc) is 2.96. The molecule has 5 rings (SSSR count). The Morgan fingerprint density at radius 1 is 0.649 bits per heavy atom. The zero-order valence-electron chi connectivity index (χ0n) is 21.7. The van der Waals surface area contributed by atoms with Crippen molar-refractivity contribution in [3.05, 3.63) is 108 Å². The molecule has 0 spiro atoms. The molecule has 5 nitrogen and oxygen atoms in total. The maximum absolute atomic E-state index is 6.62. The van der Waals surface area contributed by atoms with Gasteiger partial charge in [-0.05, 0) is 48.5 Å². The van der Waals surface area contributed by atoms with Gasteiger partial charge in [0.15, 0.2) is 0 Å². The number of piperidine rings is 2. The molecule has 0 amide bonds. The van der Waals surface area contributed by atoms with Crippen molar-refractivity contribution in [1.29, 1.82) is 0 Å². The van der Waals surface area contributed by atoms with Crippen molar-refractivity contribution in [2.75, 3.05) is 32.7 Å². The van der Waals surface area contributed by atoms with Crippen LogP contribution in [0.2, 0.25) is 0 Å². The fraction of sp³-hybridized carbons (Fsp3) is 0.438. The van der Waals surface area contributed by atoms with E-state index in [9.17, 15) is 0 Å². The Balaban J connectivity index is 1.33. The fourth-order valence-corrected chi connectivity index (χ4v) is 5.46. The van der Waals surface area contributed by atoms with Crippen LogP contribution in [-0.4, -0.2) is 55.9 Å². The number of nitrogens with one attached hydrogen (secondary N) is 1. The van der Waals surface area contributed by atoms with Gasteiger partial charge < -0.3 is 19.5 Å². The van der Waals surface area contributed by atoms with Crippen molar-refractivity contribution in [2.45, 2.75) is 51.0 Å². The van der Waals surface area contributed by atoms with Gasteiger partial charge in [0.2, 0.25) is 0 Å². The van der Waals surface area contributed by atoms with E-state index in [0.29, 0.717) is 25.7 Å². The van der Waals surface area contributed by atoms with Crippen molar-refractivity contribution in [1.82, 2.24) is 10.2 Å². The predicted octanol–water partition coefficient (Wildman–Crippen LogP) is 5.06. The summed E-state index contributed by atoms with van der Waals surface area (Å²) in [5.74, 6) is 0.667. The van der Waals surface area contributed by atoms with Crippen LogP contribution in [0, 0.1) is 5.92 Å². The molecule has 2 fully saturated rings. The van der Waals surface area contributed by atoms with E-state index in [1.807, 2.05) is 18.2 Å². The van der Waals surface area contributed by atoms with Crippen LogP contribution in [0.15, 0.2) is 91.0 Å². The predicted molar refractivity (Wildman–Crippen MR) is 147 cm³/mol. The van der Waals surface area contributed by atoms with Crippen LogP contribution in [0.3, 0.4) is 0 Å². The van der Waals surface area contributed by atoms with Gasteiger partial charge in [-0.2, -0.15) is 0 Å². The number of hydrogen-bond donors (Lipinski definition) is 1. The molecule has 2 saturated heterocycles. The highest BCUT2D eigenvalue weighted by Crippen LogP contribution is 2.26. The third-order valence-corrected chi connectivity index (χ3v) is 7.42. The first kappa shape index (κ1) is 26.1. The lowest BCUT2D eigenvalue weighted by atomic mass is 9.95. The quantitative estimate of drug-likeness (QED) is 0.399. The first-order chi connectivity index (χ1) is 18.3. The Morgan fingerprint density at radius 3 is 1.59 bits per heavy atom. The smallest absolute Gasteiger partial charge is 0.113 e. The maximum Gasteiger partial charge on any atom is 0.113 e. The molecule has 0 aromatic heterocycles. The molecule has 2 aliphatic rings. The van der Waals surface area contributed by atoms with Crippen LogP contribution in [0.1, 0.15) is 29.5 Å². The Kier molecular flexibility index (Phi) is 9.76. The summed E-state index contributed by atoms with van der Waals surface area (Å²) >= 11 is 0. The Bertz CT molecular complexity index is 974. The first-order valence-corrected chi connectivity index (χ1v) is 13.7. The van der Waals surface area contributed by atoms with Gasteiger partial charge in [-0.1, -0.05) is 91.0 Å². The normalized spacial score (nSPS) is 24.6. The summed E-state index contributed by atoms with van der Waals surface area (Å²) < 4.78 is 19.8. The van der Waals surface area contributed by atoms with Gasteiger partial charge in [-0.15, -0.1) is 0 Å². The third kappa shape index (κ3) is 7.97. The van der Waals surface area contributed by atoms with E-state index in [0.717, 1.165) is 32.7 Å². The molecule has 0 saturated carbocycles. The second kappa shape index (κ2) is 13.8. The maximum atomic E-state index is 6.62. The van der Waals surface area contributed by atoms with E-state index >= 15 is 0 Å². The monoisotopic (exact) mass is 500 g/mol. The van der Waals surface area contributed by atoms with Crippen molar-refractivity contribution >= 4 is 0 Å². The van der Waals surface area contributed by atoms with Crippen molar-refractivity contribution < 1.29 is 14.2 Å².